The zero-order chi connectivity index (χ0) is 17.4. The van der Waals surface area contributed by atoms with E-state index in [0.29, 0.717) is 0 Å². The highest BCUT2D eigenvalue weighted by atomic mass is 79.9. The molecule has 25 heavy (non-hydrogen) atoms. The second-order valence-corrected chi connectivity index (χ2v) is 8.39. The zero-order valence-electron chi connectivity index (χ0n) is 13.3. The van der Waals surface area contributed by atoms with Crippen LogP contribution in [0, 0.1) is 0 Å². The van der Waals surface area contributed by atoms with Crippen molar-refractivity contribution in [1.29, 1.82) is 0 Å². The molecule has 0 saturated heterocycles. The third-order valence-electron chi connectivity index (χ3n) is 4.27. The van der Waals surface area contributed by atoms with Crippen LogP contribution >= 0.6 is 27.3 Å². The van der Waals surface area contributed by atoms with E-state index in [1.807, 2.05) is 16.8 Å². The van der Waals surface area contributed by atoms with Crippen LogP contribution in [0.2, 0.25) is 0 Å². The normalized spacial score (nSPS) is 13.8. The maximum Gasteiger partial charge on any atom is 0.335 e. The predicted molar refractivity (Wildman–Crippen MR) is 103 cm³/mol. The molecular weight excluding hydrogens is 402 g/mol. The highest BCUT2D eigenvalue weighted by Gasteiger charge is 2.22. The molecule has 0 radical (unpaired) electrons. The molecule has 1 aliphatic heterocycles. The second kappa shape index (κ2) is 6.65. The first-order valence-corrected chi connectivity index (χ1v) is 9.69. The molecule has 0 aliphatic carbocycles. The minimum absolute atomic E-state index is 0.260. The quantitative estimate of drug-likeness (QED) is 0.641. The maximum absolute atomic E-state index is 11.3. The Hall–Kier alpha value is -2.12. The third kappa shape index (κ3) is 3.09. The number of rotatable bonds is 3. The van der Waals surface area contributed by atoms with Gasteiger partial charge in [-0.3, -0.25) is 0 Å². The summed E-state index contributed by atoms with van der Waals surface area (Å²) < 4.78 is 2.91. The number of fused-ring (bicyclic) bond motifs is 1. The number of carboxylic acids is 1. The minimum atomic E-state index is -0.935. The summed E-state index contributed by atoms with van der Waals surface area (Å²) in [7, 11) is 0. The van der Waals surface area contributed by atoms with E-state index in [2.05, 4.69) is 27.3 Å². The smallest absolute Gasteiger partial charge is 0.335 e. The third-order valence-corrected chi connectivity index (χ3v) is 5.90. The van der Waals surface area contributed by atoms with Gasteiger partial charge in [-0.15, -0.1) is 11.3 Å². The molecule has 0 unspecified atom stereocenters. The van der Waals surface area contributed by atoms with Crippen LogP contribution in [-0.4, -0.2) is 27.4 Å². The fraction of sp³-hybridized carbons (Fsp3) is 0.222. The summed E-state index contributed by atoms with van der Waals surface area (Å²) in [6.07, 6.45) is 3.18. The van der Waals surface area contributed by atoms with Crippen molar-refractivity contribution in [2.75, 3.05) is 11.9 Å². The van der Waals surface area contributed by atoms with Crippen LogP contribution in [0.25, 0.3) is 16.3 Å². The van der Waals surface area contributed by atoms with Gasteiger partial charge < -0.3 is 10.4 Å². The van der Waals surface area contributed by atoms with Crippen LogP contribution in [0.4, 0.5) is 5.82 Å². The predicted octanol–water partition coefficient (Wildman–Crippen LogP) is 4.81. The van der Waals surface area contributed by atoms with E-state index in [1.165, 1.54) is 5.56 Å². The number of benzene rings is 1. The van der Waals surface area contributed by atoms with E-state index in [4.69, 9.17) is 5.10 Å². The van der Waals surface area contributed by atoms with E-state index < -0.39 is 5.97 Å². The summed E-state index contributed by atoms with van der Waals surface area (Å²) in [5.41, 5.74) is 3.19. The van der Waals surface area contributed by atoms with Gasteiger partial charge in [0.15, 0.2) is 0 Å². The van der Waals surface area contributed by atoms with Gasteiger partial charge in [-0.1, -0.05) is 6.07 Å². The Labute approximate surface area is 157 Å². The van der Waals surface area contributed by atoms with Gasteiger partial charge in [-0.05, 0) is 65.5 Å². The van der Waals surface area contributed by atoms with Crippen LogP contribution in [-0.2, 0) is 6.42 Å². The number of aromatic nitrogens is 2. The van der Waals surface area contributed by atoms with Gasteiger partial charge in [0.2, 0.25) is 0 Å². The fourth-order valence-electron chi connectivity index (χ4n) is 3.10. The highest BCUT2D eigenvalue weighted by Crippen LogP contribution is 2.38. The summed E-state index contributed by atoms with van der Waals surface area (Å²) >= 11 is 5.18. The van der Waals surface area contributed by atoms with Gasteiger partial charge in [0.05, 0.1) is 19.9 Å². The molecule has 2 aromatic heterocycles. The summed E-state index contributed by atoms with van der Waals surface area (Å²) in [5, 5.41) is 17.6. The Morgan fingerprint density at radius 1 is 1.28 bits per heavy atom. The van der Waals surface area contributed by atoms with E-state index in [-0.39, 0.29) is 5.56 Å². The van der Waals surface area contributed by atoms with Crippen molar-refractivity contribution < 1.29 is 9.90 Å². The first kappa shape index (κ1) is 16.4. The molecule has 0 fully saturated rings. The van der Waals surface area contributed by atoms with Gasteiger partial charge in [-0.2, -0.15) is 5.10 Å². The van der Waals surface area contributed by atoms with Crippen molar-refractivity contribution in [2.24, 2.45) is 0 Å². The first-order valence-electron chi connectivity index (χ1n) is 8.08. The number of anilines is 1. The number of hydrogen-bond acceptors (Lipinski definition) is 4. The Balaban J connectivity index is 1.89. The largest absolute Gasteiger partial charge is 0.478 e. The number of nitrogens with zero attached hydrogens (tertiary/aromatic N) is 2. The molecule has 0 bridgehead atoms. The summed E-state index contributed by atoms with van der Waals surface area (Å²) in [5.74, 6) is 0.0371. The van der Waals surface area contributed by atoms with Crippen LogP contribution in [0.1, 0.15) is 28.8 Å². The molecule has 4 rings (SSSR count). The van der Waals surface area contributed by atoms with Crippen LogP contribution in [0.15, 0.2) is 40.2 Å². The number of halogens is 1. The number of carboxylic acid groups (broad SMARTS) is 1. The van der Waals surface area contributed by atoms with Gasteiger partial charge in [0.1, 0.15) is 11.5 Å². The minimum Gasteiger partial charge on any atom is -0.478 e. The molecule has 3 aromatic rings. The molecule has 0 saturated carbocycles. The number of aromatic carboxylic acids is 1. The lowest BCUT2D eigenvalue weighted by molar-refractivity contribution is 0.0697. The van der Waals surface area contributed by atoms with Crippen molar-refractivity contribution in [2.45, 2.75) is 19.3 Å². The molecule has 7 heteroatoms. The Morgan fingerprint density at radius 3 is 2.92 bits per heavy atom. The molecule has 128 valence electrons. The Morgan fingerprint density at radius 2 is 2.16 bits per heavy atom. The average Bonchev–Trinajstić information content (AvgIpc) is 3.10. The number of carbonyl (C=O) groups is 1. The Kier molecular flexibility index (Phi) is 4.35. The molecule has 2 N–H and O–H groups in total. The van der Waals surface area contributed by atoms with Crippen LogP contribution < -0.4 is 5.32 Å². The molecule has 5 nitrogen and oxygen atoms in total. The second-order valence-electron chi connectivity index (χ2n) is 5.93. The summed E-state index contributed by atoms with van der Waals surface area (Å²) in [4.78, 5) is 12.4. The highest BCUT2D eigenvalue weighted by molar-refractivity contribution is 9.11. The van der Waals surface area contributed by atoms with E-state index in [9.17, 15) is 9.90 Å². The summed E-state index contributed by atoms with van der Waals surface area (Å²) in [6, 6.07) is 11.0. The van der Waals surface area contributed by atoms with Gasteiger partial charge >= 0.3 is 5.97 Å². The van der Waals surface area contributed by atoms with Gasteiger partial charge in [-0.25, -0.2) is 9.48 Å². The van der Waals surface area contributed by atoms with E-state index in [1.54, 1.807) is 29.5 Å². The number of hydrogen-bond donors (Lipinski definition) is 2. The molecule has 1 aliphatic rings. The molecule has 0 amide bonds. The topological polar surface area (TPSA) is 67.1 Å². The number of thiophene rings is 1. The zero-order valence-corrected chi connectivity index (χ0v) is 15.7. The maximum atomic E-state index is 11.3. The van der Waals surface area contributed by atoms with Crippen LogP contribution in [0.3, 0.4) is 0 Å². The fourth-order valence-corrected chi connectivity index (χ4v) is 4.50. The van der Waals surface area contributed by atoms with Crippen molar-refractivity contribution in [3.8, 4) is 16.3 Å². The number of nitrogens with one attached hydrogen (secondary N) is 1. The standard InChI is InChI=1S/C18H16BrN3O2S/c19-15-8-7-14(25-15)16-13-6-1-2-9-20-17(13)22(21-16)12-5-3-4-11(10-12)18(23)24/h3-5,7-8,10,20H,1-2,6,9H2,(H,23,24). The van der Waals surface area contributed by atoms with Crippen molar-refractivity contribution in [1.82, 2.24) is 9.78 Å². The lowest BCUT2D eigenvalue weighted by Crippen LogP contribution is -2.08. The SMILES string of the molecule is O=C(O)c1cccc(-n2nc(-c3ccc(Br)s3)c3c2NCCCC3)c1. The van der Waals surface area contributed by atoms with Gasteiger partial charge in [0, 0.05) is 12.1 Å². The van der Waals surface area contributed by atoms with Crippen LogP contribution in [0.5, 0.6) is 0 Å². The van der Waals surface area contributed by atoms with E-state index in [0.717, 1.165) is 51.7 Å². The monoisotopic (exact) mass is 417 g/mol. The molecule has 0 spiro atoms. The molecule has 0 atom stereocenters. The molecule has 3 heterocycles. The molecule has 1 aromatic carbocycles. The lowest BCUT2D eigenvalue weighted by Gasteiger charge is -2.09. The van der Waals surface area contributed by atoms with Crippen molar-refractivity contribution in [3.05, 3.63) is 51.3 Å². The summed E-state index contributed by atoms with van der Waals surface area (Å²) in [6.45, 7) is 0.894. The molecular formula is C18H16BrN3O2S. The average molecular weight is 418 g/mol. The lowest BCUT2D eigenvalue weighted by atomic mass is 10.1. The van der Waals surface area contributed by atoms with E-state index >= 15 is 0 Å². The first-order chi connectivity index (χ1) is 12.1. The van der Waals surface area contributed by atoms with Gasteiger partial charge in [0.25, 0.3) is 0 Å². The van der Waals surface area contributed by atoms with Crippen molar-refractivity contribution in [3.63, 3.8) is 0 Å². The van der Waals surface area contributed by atoms with Crippen molar-refractivity contribution >= 4 is 39.1 Å². The Bertz CT molecular complexity index is 948.